The molecule has 2 aromatic rings. The van der Waals surface area contributed by atoms with Crippen LogP contribution >= 0.6 is 0 Å². The summed E-state index contributed by atoms with van der Waals surface area (Å²) in [5.74, 6) is 0.933. The minimum absolute atomic E-state index is 0.191. The molecular weight excluding hydrogens is 496 g/mol. The Kier molecular flexibility index (Phi) is 9.04. The summed E-state index contributed by atoms with van der Waals surface area (Å²) in [5, 5.41) is 4.84. The first-order valence-electron chi connectivity index (χ1n) is 14.3. The summed E-state index contributed by atoms with van der Waals surface area (Å²) in [6.07, 6.45) is 8.14. The lowest BCUT2D eigenvalue weighted by Crippen LogP contribution is -2.53. The zero-order chi connectivity index (χ0) is 27.5. The average Bonchev–Trinajstić information content (AvgIpc) is 3.17. The molecule has 1 saturated heterocycles. The fourth-order valence-corrected chi connectivity index (χ4v) is 6.20. The second-order valence-electron chi connectivity index (χ2n) is 13.2. The Morgan fingerprint density at radius 2 is 1.76 bits per heavy atom. The van der Waals surface area contributed by atoms with Gasteiger partial charge in [0.05, 0.1) is 5.39 Å². The predicted octanol–water partition coefficient (Wildman–Crippen LogP) is 5.33. The minimum atomic E-state index is -1.10. The van der Waals surface area contributed by atoms with Crippen LogP contribution in [0.3, 0.4) is 0 Å². The highest BCUT2D eigenvalue weighted by molar-refractivity contribution is 6.76. The van der Waals surface area contributed by atoms with Crippen molar-refractivity contribution in [2.75, 3.05) is 38.1 Å². The molecule has 0 spiro atoms. The molecule has 1 aliphatic carbocycles. The normalized spacial score (nSPS) is 21.6. The number of nitrogens with one attached hydrogen (secondary N) is 1. The number of carbonyl (C=O) groups is 1. The molecule has 212 valence electrons. The van der Waals surface area contributed by atoms with Gasteiger partial charge < -0.3 is 24.3 Å². The smallest absolute Gasteiger partial charge is 0.410 e. The van der Waals surface area contributed by atoms with Gasteiger partial charge >= 0.3 is 6.09 Å². The summed E-state index contributed by atoms with van der Waals surface area (Å²) in [6, 6.07) is 2.15. The Hall–Kier alpha value is -2.17. The highest BCUT2D eigenvalue weighted by Gasteiger charge is 2.31. The third-order valence-electron chi connectivity index (χ3n) is 7.59. The van der Waals surface area contributed by atoms with Crippen molar-refractivity contribution in [3.8, 4) is 0 Å². The monoisotopic (exact) mass is 544 g/mol. The Morgan fingerprint density at radius 3 is 2.39 bits per heavy atom. The number of anilines is 1. The molecule has 0 radical (unpaired) electrons. The van der Waals surface area contributed by atoms with Gasteiger partial charge in [0.2, 0.25) is 0 Å². The molecule has 2 aliphatic rings. The standard InChI is InChI=1S/C28H48N6O3Si/c1-21-18-34(20-36-16-17-38(5,6)7)26-24(21)25(29-19-30-26)31-22-8-10-23(11-9-22)32-12-14-33(15-13-32)27(35)37-28(2,3)4/h18-19,22-23H,8-17,20H2,1-7H3,(H,29,30,31)/t22-,23-. The van der Waals surface area contributed by atoms with Crippen molar-refractivity contribution < 1.29 is 14.3 Å². The van der Waals surface area contributed by atoms with Crippen LogP contribution in [-0.2, 0) is 16.2 Å². The number of hydrogen-bond donors (Lipinski definition) is 1. The second kappa shape index (κ2) is 11.9. The quantitative estimate of drug-likeness (QED) is 0.355. The van der Waals surface area contributed by atoms with E-state index in [4.69, 9.17) is 9.47 Å². The van der Waals surface area contributed by atoms with Crippen LogP contribution in [0.5, 0.6) is 0 Å². The fourth-order valence-electron chi connectivity index (χ4n) is 5.44. The molecule has 38 heavy (non-hydrogen) atoms. The highest BCUT2D eigenvalue weighted by Crippen LogP contribution is 2.30. The van der Waals surface area contributed by atoms with E-state index in [1.165, 1.54) is 5.56 Å². The predicted molar refractivity (Wildman–Crippen MR) is 155 cm³/mol. The number of hydrogen-bond acceptors (Lipinski definition) is 7. The average molecular weight is 545 g/mol. The van der Waals surface area contributed by atoms with Crippen LogP contribution in [0.2, 0.25) is 25.7 Å². The summed E-state index contributed by atoms with van der Waals surface area (Å²) in [6.45, 7) is 19.6. The Bertz CT molecular complexity index is 1080. The first kappa shape index (κ1) is 28.8. The molecule has 0 aromatic carbocycles. The van der Waals surface area contributed by atoms with Crippen LogP contribution < -0.4 is 5.32 Å². The molecule has 0 bridgehead atoms. The summed E-state index contributed by atoms with van der Waals surface area (Å²) < 4.78 is 13.7. The first-order valence-corrected chi connectivity index (χ1v) is 18.0. The van der Waals surface area contributed by atoms with Crippen molar-refractivity contribution in [1.29, 1.82) is 0 Å². The number of aromatic nitrogens is 3. The van der Waals surface area contributed by atoms with Gasteiger partial charge in [-0.05, 0) is 65.0 Å². The molecule has 2 fully saturated rings. The van der Waals surface area contributed by atoms with E-state index < -0.39 is 13.7 Å². The maximum Gasteiger partial charge on any atom is 0.410 e. The van der Waals surface area contributed by atoms with E-state index in [-0.39, 0.29) is 6.09 Å². The third-order valence-corrected chi connectivity index (χ3v) is 9.29. The van der Waals surface area contributed by atoms with Gasteiger partial charge in [-0.3, -0.25) is 4.90 Å². The lowest BCUT2D eigenvalue weighted by Gasteiger charge is -2.42. The zero-order valence-corrected chi connectivity index (χ0v) is 25.5. The summed E-state index contributed by atoms with van der Waals surface area (Å²) in [4.78, 5) is 26.0. The maximum atomic E-state index is 12.4. The molecule has 1 N–H and O–H groups in total. The van der Waals surface area contributed by atoms with Crippen LogP contribution in [-0.4, -0.2) is 89.0 Å². The Balaban J connectivity index is 1.28. The van der Waals surface area contributed by atoms with E-state index in [9.17, 15) is 4.79 Å². The molecule has 2 aromatic heterocycles. The van der Waals surface area contributed by atoms with Gasteiger partial charge in [0.1, 0.15) is 30.1 Å². The molecule has 3 heterocycles. The van der Waals surface area contributed by atoms with Crippen molar-refractivity contribution >= 4 is 31.0 Å². The lowest BCUT2D eigenvalue weighted by atomic mass is 9.89. The van der Waals surface area contributed by atoms with Gasteiger partial charge in [0.15, 0.2) is 0 Å². The topological polar surface area (TPSA) is 84.8 Å². The number of amides is 1. The number of rotatable bonds is 8. The van der Waals surface area contributed by atoms with Gasteiger partial charge in [0, 0.05) is 59.1 Å². The SMILES string of the molecule is Cc1cn(COCC[Si](C)(C)C)c2ncnc(N[C@H]3CC[C@H](N4CCN(C(=O)OC(C)(C)C)CC4)CC3)c12. The van der Waals surface area contributed by atoms with E-state index >= 15 is 0 Å². The Morgan fingerprint density at radius 1 is 1.08 bits per heavy atom. The van der Waals surface area contributed by atoms with E-state index in [1.54, 1.807) is 6.33 Å². The molecule has 4 rings (SSSR count). The number of fused-ring (bicyclic) bond motifs is 1. The third kappa shape index (κ3) is 7.69. The second-order valence-corrected chi connectivity index (χ2v) is 18.8. The number of nitrogens with zero attached hydrogens (tertiary/aromatic N) is 5. The molecule has 10 heteroatoms. The fraction of sp³-hybridized carbons (Fsp3) is 0.750. The maximum absolute atomic E-state index is 12.4. The van der Waals surface area contributed by atoms with E-state index in [2.05, 4.69) is 57.5 Å². The highest BCUT2D eigenvalue weighted by atomic mass is 28.3. The van der Waals surface area contributed by atoms with Gasteiger partial charge in [-0.15, -0.1) is 0 Å². The lowest BCUT2D eigenvalue weighted by molar-refractivity contribution is 0.00806. The summed E-state index contributed by atoms with van der Waals surface area (Å²) in [5.41, 5.74) is 1.66. The van der Waals surface area contributed by atoms with Gasteiger partial charge in [-0.2, -0.15) is 0 Å². The van der Waals surface area contributed by atoms with E-state index in [0.29, 0.717) is 18.8 Å². The van der Waals surface area contributed by atoms with Crippen molar-refractivity contribution in [2.24, 2.45) is 0 Å². The van der Waals surface area contributed by atoms with Gasteiger partial charge in [-0.1, -0.05) is 19.6 Å². The molecule has 1 amide bonds. The molecule has 9 nitrogen and oxygen atoms in total. The molecule has 0 atom stereocenters. The largest absolute Gasteiger partial charge is 0.444 e. The van der Waals surface area contributed by atoms with Crippen LogP contribution in [0.4, 0.5) is 10.6 Å². The Labute approximate surface area is 229 Å². The number of aryl methyl sites for hydroxylation is 1. The van der Waals surface area contributed by atoms with Crippen molar-refractivity contribution in [2.45, 2.75) is 103 Å². The van der Waals surface area contributed by atoms with E-state index in [1.807, 2.05) is 25.7 Å². The zero-order valence-electron chi connectivity index (χ0n) is 24.5. The first-order chi connectivity index (χ1) is 17.9. The van der Waals surface area contributed by atoms with E-state index in [0.717, 1.165) is 81.4 Å². The number of carbonyl (C=O) groups excluding carboxylic acids is 1. The molecular formula is C28H48N6O3Si. The molecule has 1 aliphatic heterocycles. The van der Waals surface area contributed by atoms with Crippen LogP contribution in [0.1, 0.15) is 52.0 Å². The van der Waals surface area contributed by atoms with Crippen LogP contribution in [0, 0.1) is 6.92 Å². The van der Waals surface area contributed by atoms with Crippen LogP contribution in [0.25, 0.3) is 11.0 Å². The van der Waals surface area contributed by atoms with Gasteiger partial charge in [-0.25, -0.2) is 14.8 Å². The minimum Gasteiger partial charge on any atom is -0.444 e. The van der Waals surface area contributed by atoms with Crippen LogP contribution in [0.15, 0.2) is 12.5 Å². The number of piperazine rings is 1. The summed E-state index contributed by atoms with van der Waals surface area (Å²) >= 11 is 0. The number of ether oxygens (including phenoxy) is 2. The van der Waals surface area contributed by atoms with Gasteiger partial charge in [0.25, 0.3) is 0 Å². The van der Waals surface area contributed by atoms with Crippen molar-refractivity contribution in [3.63, 3.8) is 0 Å². The molecule has 0 unspecified atom stereocenters. The summed E-state index contributed by atoms with van der Waals surface area (Å²) in [7, 11) is -1.10. The molecule has 1 saturated carbocycles. The van der Waals surface area contributed by atoms with Crippen molar-refractivity contribution in [3.05, 3.63) is 18.1 Å². The van der Waals surface area contributed by atoms with Crippen molar-refractivity contribution in [1.82, 2.24) is 24.3 Å².